The van der Waals surface area contributed by atoms with Crippen LogP contribution in [0.2, 0.25) is 0 Å². The fourth-order valence-corrected chi connectivity index (χ4v) is 1.91. The highest BCUT2D eigenvalue weighted by Crippen LogP contribution is 2.16. The van der Waals surface area contributed by atoms with E-state index in [1.165, 1.54) is 12.1 Å². The molecule has 0 amide bonds. The predicted octanol–water partition coefficient (Wildman–Crippen LogP) is 3.56. The molecule has 1 unspecified atom stereocenters. The lowest BCUT2D eigenvalue weighted by Gasteiger charge is -2.19. The van der Waals surface area contributed by atoms with E-state index in [4.69, 9.17) is 4.74 Å². The van der Waals surface area contributed by atoms with E-state index < -0.39 is 0 Å². The summed E-state index contributed by atoms with van der Waals surface area (Å²) in [6, 6.07) is 16.3. The van der Waals surface area contributed by atoms with Crippen molar-refractivity contribution in [1.82, 2.24) is 5.32 Å². The molecule has 2 nitrogen and oxygen atoms in total. The second kappa shape index (κ2) is 6.90. The molecule has 0 aliphatic carbocycles. The predicted molar refractivity (Wildman–Crippen MR) is 74.8 cm³/mol. The van der Waals surface area contributed by atoms with Crippen LogP contribution in [0.3, 0.4) is 0 Å². The van der Waals surface area contributed by atoms with Gasteiger partial charge in [0.25, 0.3) is 0 Å². The van der Waals surface area contributed by atoms with E-state index in [2.05, 4.69) is 5.32 Å². The van der Waals surface area contributed by atoms with Crippen molar-refractivity contribution in [3.63, 3.8) is 0 Å². The number of benzene rings is 2. The molecule has 0 bridgehead atoms. The van der Waals surface area contributed by atoms with Crippen molar-refractivity contribution in [3.05, 3.63) is 66.0 Å². The summed E-state index contributed by atoms with van der Waals surface area (Å²) in [7, 11) is 0. The SMILES string of the molecule is CCNC(COc1ccccc1)c1ccc(F)cc1. The molecular formula is C16H18FNO. The molecule has 0 saturated carbocycles. The monoisotopic (exact) mass is 259 g/mol. The van der Waals surface area contributed by atoms with E-state index >= 15 is 0 Å². The fourth-order valence-electron chi connectivity index (χ4n) is 1.91. The molecule has 1 atom stereocenters. The second-order valence-corrected chi connectivity index (χ2v) is 4.29. The van der Waals surface area contributed by atoms with E-state index in [-0.39, 0.29) is 11.9 Å². The van der Waals surface area contributed by atoms with Gasteiger partial charge in [0, 0.05) is 0 Å². The lowest BCUT2D eigenvalue weighted by Crippen LogP contribution is -2.26. The number of likely N-dealkylation sites (N-methyl/N-ethyl adjacent to an activating group) is 1. The van der Waals surface area contributed by atoms with Gasteiger partial charge in [-0.05, 0) is 36.4 Å². The molecule has 0 heterocycles. The summed E-state index contributed by atoms with van der Waals surface area (Å²) in [6.07, 6.45) is 0. The Morgan fingerprint density at radius 1 is 1.05 bits per heavy atom. The van der Waals surface area contributed by atoms with Gasteiger partial charge in [-0.2, -0.15) is 0 Å². The van der Waals surface area contributed by atoms with Gasteiger partial charge < -0.3 is 10.1 Å². The average molecular weight is 259 g/mol. The number of rotatable bonds is 6. The molecule has 19 heavy (non-hydrogen) atoms. The first-order valence-corrected chi connectivity index (χ1v) is 6.46. The van der Waals surface area contributed by atoms with Gasteiger partial charge in [-0.1, -0.05) is 37.3 Å². The highest BCUT2D eigenvalue weighted by Gasteiger charge is 2.11. The number of halogens is 1. The van der Waals surface area contributed by atoms with Crippen LogP contribution in [0.15, 0.2) is 54.6 Å². The first-order chi connectivity index (χ1) is 9.29. The van der Waals surface area contributed by atoms with Crippen molar-refractivity contribution in [2.24, 2.45) is 0 Å². The van der Waals surface area contributed by atoms with Gasteiger partial charge in [0.2, 0.25) is 0 Å². The summed E-state index contributed by atoms with van der Waals surface area (Å²) in [4.78, 5) is 0. The van der Waals surface area contributed by atoms with Crippen LogP contribution in [0.1, 0.15) is 18.5 Å². The maximum Gasteiger partial charge on any atom is 0.123 e. The maximum absolute atomic E-state index is 12.9. The third-order valence-corrected chi connectivity index (χ3v) is 2.88. The molecule has 0 saturated heterocycles. The average Bonchev–Trinajstić information content (AvgIpc) is 2.46. The van der Waals surface area contributed by atoms with Crippen LogP contribution in [0.5, 0.6) is 5.75 Å². The second-order valence-electron chi connectivity index (χ2n) is 4.29. The summed E-state index contributed by atoms with van der Waals surface area (Å²) in [5.74, 6) is 0.621. The number of para-hydroxylation sites is 1. The Morgan fingerprint density at radius 2 is 1.74 bits per heavy atom. The minimum atomic E-state index is -0.219. The van der Waals surface area contributed by atoms with Gasteiger partial charge in [-0.15, -0.1) is 0 Å². The van der Waals surface area contributed by atoms with E-state index in [1.54, 1.807) is 12.1 Å². The Morgan fingerprint density at radius 3 is 2.37 bits per heavy atom. The minimum absolute atomic E-state index is 0.0609. The summed E-state index contributed by atoms with van der Waals surface area (Å²) in [6.45, 7) is 3.39. The van der Waals surface area contributed by atoms with Crippen LogP contribution in [0.25, 0.3) is 0 Å². The molecule has 0 fully saturated rings. The zero-order chi connectivity index (χ0) is 13.5. The summed E-state index contributed by atoms with van der Waals surface area (Å²) < 4.78 is 18.7. The lowest BCUT2D eigenvalue weighted by molar-refractivity contribution is 0.268. The number of nitrogens with one attached hydrogen (secondary N) is 1. The van der Waals surface area contributed by atoms with Gasteiger partial charge >= 0.3 is 0 Å². The topological polar surface area (TPSA) is 21.3 Å². The van der Waals surface area contributed by atoms with Crippen LogP contribution in [-0.2, 0) is 0 Å². The van der Waals surface area contributed by atoms with Crippen LogP contribution in [0.4, 0.5) is 4.39 Å². The minimum Gasteiger partial charge on any atom is -0.492 e. The van der Waals surface area contributed by atoms with Crippen LogP contribution < -0.4 is 10.1 Å². The van der Waals surface area contributed by atoms with Crippen molar-refractivity contribution < 1.29 is 9.13 Å². The molecule has 0 spiro atoms. The largest absolute Gasteiger partial charge is 0.492 e. The Kier molecular flexibility index (Phi) is 4.93. The third-order valence-electron chi connectivity index (χ3n) is 2.88. The van der Waals surface area contributed by atoms with Crippen LogP contribution in [-0.4, -0.2) is 13.2 Å². The van der Waals surface area contributed by atoms with Crippen molar-refractivity contribution in [2.75, 3.05) is 13.2 Å². The zero-order valence-corrected chi connectivity index (χ0v) is 11.0. The number of ether oxygens (including phenoxy) is 1. The molecule has 1 N–H and O–H groups in total. The Balaban J connectivity index is 2.02. The van der Waals surface area contributed by atoms with E-state index in [0.29, 0.717) is 6.61 Å². The standard InChI is InChI=1S/C16H18FNO/c1-2-18-16(13-8-10-14(17)11-9-13)12-19-15-6-4-3-5-7-15/h3-11,16,18H,2,12H2,1H3. The first-order valence-electron chi connectivity index (χ1n) is 6.46. The fraction of sp³-hybridized carbons (Fsp3) is 0.250. The smallest absolute Gasteiger partial charge is 0.123 e. The Bertz CT molecular complexity index is 484. The van der Waals surface area contributed by atoms with Gasteiger partial charge in [-0.25, -0.2) is 4.39 Å². The quantitative estimate of drug-likeness (QED) is 0.856. The Labute approximate surface area is 113 Å². The van der Waals surface area contributed by atoms with Crippen LogP contribution in [0, 0.1) is 5.82 Å². The molecule has 0 aromatic heterocycles. The summed E-state index contributed by atoms with van der Waals surface area (Å²) in [5, 5.41) is 3.34. The van der Waals surface area contributed by atoms with Gasteiger partial charge in [0.15, 0.2) is 0 Å². The Hall–Kier alpha value is -1.87. The van der Waals surface area contributed by atoms with Crippen molar-refractivity contribution in [3.8, 4) is 5.75 Å². The van der Waals surface area contributed by atoms with Crippen molar-refractivity contribution in [1.29, 1.82) is 0 Å². The maximum atomic E-state index is 12.9. The third kappa shape index (κ3) is 4.07. The van der Waals surface area contributed by atoms with E-state index in [9.17, 15) is 4.39 Å². The molecule has 2 aromatic rings. The molecule has 0 aliphatic heterocycles. The molecule has 3 heteroatoms. The van der Waals surface area contributed by atoms with Gasteiger partial charge in [0.05, 0.1) is 6.04 Å². The number of hydrogen-bond donors (Lipinski definition) is 1. The normalized spacial score (nSPS) is 12.1. The summed E-state index contributed by atoms with van der Waals surface area (Å²) >= 11 is 0. The van der Waals surface area contributed by atoms with Gasteiger partial charge in [-0.3, -0.25) is 0 Å². The van der Waals surface area contributed by atoms with Crippen molar-refractivity contribution >= 4 is 0 Å². The molecule has 100 valence electrons. The molecule has 2 aromatic carbocycles. The summed E-state index contributed by atoms with van der Waals surface area (Å²) in [5.41, 5.74) is 1.03. The van der Waals surface area contributed by atoms with Crippen molar-refractivity contribution in [2.45, 2.75) is 13.0 Å². The molecule has 0 aliphatic rings. The first kappa shape index (κ1) is 13.6. The highest BCUT2D eigenvalue weighted by atomic mass is 19.1. The lowest BCUT2D eigenvalue weighted by atomic mass is 10.1. The molecular weight excluding hydrogens is 241 g/mol. The molecule has 0 radical (unpaired) electrons. The number of hydrogen-bond acceptors (Lipinski definition) is 2. The van der Waals surface area contributed by atoms with Gasteiger partial charge in [0.1, 0.15) is 18.2 Å². The molecule has 2 rings (SSSR count). The van der Waals surface area contributed by atoms with Crippen LogP contribution >= 0.6 is 0 Å². The van der Waals surface area contributed by atoms with E-state index in [0.717, 1.165) is 17.9 Å². The van der Waals surface area contributed by atoms with E-state index in [1.807, 2.05) is 37.3 Å². The highest BCUT2D eigenvalue weighted by molar-refractivity contribution is 5.23. The zero-order valence-electron chi connectivity index (χ0n) is 11.0.